The van der Waals surface area contributed by atoms with Crippen LogP contribution in [0.4, 0.5) is 5.69 Å². The monoisotopic (exact) mass is 333 g/mol. The van der Waals surface area contributed by atoms with E-state index in [-0.39, 0.29) is 22.6 Å². The zero-order valence-corrected chi connectivity index (χ0v) is 12.6. The summed E-state index contributed by atoms with van der Waals surface area (Å²) in [6, 6.07) is 9.87. The summed E-state index contributed by atoms with van der Waals surface area (Å²) in [6.07, 6.45) is 0. The Hall–Kier alpha value is -3.55. The molecule has 8 nitrogen and oxygen atoms in total. The van der Waals surface area contributed by atoms with Crippen LogP contribution in [0, 0.1) is 0 Å². The van der Waals surface area contributed by atoms with E-state index in [2.05, 4.69) is 4.74 Å². The third-order valence-corrected chi connectivity index (χ3v) is 2.62. The number of phenols is 1. The zero-order valence-electron chi connectivity index (χ0n) is 12.6. The molecule has 0 saturated heterocycles. The largest absolute Gasteiger partial charge is 0.507 e. The fourth-order valence-electron chi connectivity index (χ4n) is 1.61. The molecule has 0 unspecified atom stereocenters. The number of carboxylic acid groups (broad SMARTS) is 2. The van der Waals surface area contributed by atoms with Crippen LogP contribution in [-0.2, 0) is 4.79 Å². The SMILES string of the molecule is CC(=O)Oc1ccccc1C(=O)O.Nc1ccc(O)c(C(=O)O)c1. The van der Waals surface area contributed by atoms with Gasteiger partial charge in [-0.2, -0.15) is 0 Å². The highest BCUT2D eigenvalue weighted by atomic mass is 16.5. The van der Waals surface area contributed by atoms with Gasteiger partial charge < -0.3 is 25.8 Å². The second kappa shape index (κ2) is 8.18. The summed E-state index contributed by atoms with van der Waals surface area (Å²) in [7, 11) is 0. The van der Waals surface area contributed by atoms with Crippen molar-refractivity contribution in [2.24, 2.45) is 0 Å². The first-order valence-electron chi connectivity index (χ1n) is 6.55. The summed E-state index contributed by atoms with van der Waals surface area (Å²) in [5.74, 6) is -3.03. The minimum atomic E-state index is -1.19. The highest BCUT2D eigenvalue weighted by molar-refractivity contribution is 5.92. The number of carboxylic acids is 2. The van der Waals surface area contributed by atoms with Gasteiger partial charge in [-0.25, -0.2) is 9.59 Å². The number of aromatic hydroxyl groups is 1. The number of aromatic carboxylic acids is 2. The Labute approximate surface area is 136 Å². The number of para-hydroxylation sites is 1. The molecule has 0 aliphatic heterocycles. The summed E-state index contributed by atoms with van der Waals surface area (Å²) in [6.45, 7) is 1.22. The van der Waals surface area contributed by atoms with Gasteiger partial charge in [0.2, 0.25) is 0 Å². The molecule has 0 aromatic heterocycles. The topological polar surface area (TPSA) is 147 Å². The molecule has 0 radical (unpaired) electrons. The van der Waals surface area contributed by atoms with Crippen molar-refractivity contribution in [1.29, 1.82) is 0 Å². The smallest absolute Gasteiger partial charge is 0.339 e. The predicted octanol–water partition coefficient (Wildman–Crippen LogP) is 1.98. The fourth-order valence-corrected chi connectivity index (χ4v) is 1.61. The van der Waals surface area contributed by atoms with E-state index in [1.807, 2.05) is 0 Å². The van der Waals surface area contributed by atoms with Crippen LogP contribution in [-0.4, -0.2) is 33.2 Å². The third-order valence-electron chi connectivity index (χ3n) is 2.62. The van der Waals surface area contributed by atoms with Crippen molar-refractivity contribution in [1.82, 2.24) is 0 Å². The summed E-state index contributed by atoms with van der Waals surface area (Å²) < 4.78 is 4.69. The first-order chi connectivity index (χ1) is 11.2. The molecule has 0 aliphatic rings. The van der Waals surface area contributed by atoms with E-state index in [9.17, 15) is 14.4 Å². The van der Waals surface area contributed by atoms with E-state index >= 15 is 0 Å². The van der Waals surface area contributed by atoms with Crippen LogP contribution in [0.2, 0.25) is 0 Å². The van der Waals surface area contributed by atoms with Crippen LogP contribution in [0.25, 0.3) is 0 Å². The molecule has 0 fully saturated rings. The van der Waals surface area contributed by atoms with Crippen LogP contribution >= 0.6 is 0 Å². The Morgan fingerprint density at radius 1 is 0.958 bits per heavy atom. The average Bonchev–Trinajstić information content (AvgIpc) is 2.50. The van der Waals surface area contributed by atoms with Gasteiger partial charge in [0.15, 0.2) is 0 Å². The summed E-state index contributed by atoms with van der Waals surface area (Å²) in [5, 5.41) is 26.1. The number of ether oxygens (including phenoxy) is 1. The summed E-state index contributed by atoms with van der Waals surface area (Å²) >= 11 is 0. The number of rotatable bonds is 3. The van der Waals surface area contributed by atoms with Crippen molar-refractivity contribution in [2.45, 2.75) is 6.92 Å². The average molecular weight is 333 g/mol. The number of esters is 1. The second-order valence-electron chi connectivity index (χ2n) is 4.48. The van der Waals surface area contributed by atoms with Crippen LogP contribution in [0.5, 0.6) is 11.5 Å². The quantitative estimate of drug-likeness (QED) is 0.288. The Morgan fingerprint density at radius 3 is 2.04 bits per heavy atom. The normalized spacial score (nSPS) is 9.38. The van der Waals surface area contributed by atoms with Crippen molar-refractivity contribution in [3.63, 3.8) is 0 Å². The minimum absolute atomic E-state index is 0.0160. The molecule has 2 aromatic rings. The van der Waals surface area contributed by atoms with E-state index in [0.717, 1.165) is 0 Å². The van der Waals surface area contributed by atoms with E-state index in [0.29, 0.717) is 5.69 Å². The van der Waals surface area contributed by atoms with Gasteiger partial charge in [-0.15, -0.1) is 0 Å². The van der Waals surface area contributed by atoms with Crippen LogP contribution < -0.4 is 10.5 Å². The molecule has 5 N–H and O–H groups in total. The van der Waals surface area contributed by atoms with E-state index < -0.39 is 17.9 Å². The molecule has 0 saturated carbocycles. The molecule has 0 aliphatic carbocycles. The molecule has 2 rings (SSSR count). The van der Waals surface area contributed by atoms with Crippen molar-refractivity contribution < 1.29 is 34.4 Å². The highest BCUT2D eigenvalue weighted by Gasteiger charge is 2.11. The van der Waals surface area contributed by atoms with E-state index in [1.165, 1.54) is 37.3 Å². The summed E-state index contributed by atoms with van der Waals surface area (Å²) in [4.78, 5) is 31.5. The van der Waals surface area contributed by atoms with Gasteiger partial charge in [0, 0.05) is 12.6 Å². The molecule has 0 atom stereocenters. The Bertz CT molecular complexity index is 771. The molecule has 8 heteroatoms. The minimum Gasteiger partial charge on any atom is -0.507 e. The van der Waals surface area contributed by atoms with Gasteiger partial charge in [-0.05, 0) is 30.3 Å². The number of carbonyl (C=O) groups excluding carboxylic acids is 1. The van der Waals surface area contributed by atoms with Crippen LogP contribution in [0.1, 0.15) is 27.6 Å². The maximum Gasteiger partial charge on any atom is 0.339 e. The molecular formula is C16H15NO7. The first-order valence-corrected chi connectivity index (χ1v) is 6.55. The second-order valence-corrected chi connectivity index (χ2v) is 4.48. The van der Waals surface area contributed by atoms with Crippen LogP contribution in [0.3, 0.4) is 0 Å². The van der Waals surface area contributed by atoms with Gasteiger partial charge in [-0.3, -0.25) is 4.79 Å². The van der Waals surface area contributed by atoms with E-state index in [4.69, 9.17) is 21.1 Å². The van der Waals surface area contributed by atoms with Crippen molar-refractivity contribution >= 4 is 23.6 Å². The molecular weight excluding hydrogens is 318 g/mol. The lowest BCUT2D eigenvalue weighted by Gasteiger charge is -2.03. The molecule has 0 bridgehead atoms. The van der Waals surface area contributed by atoms with Crippen molar-refractivity contribution in [3.05, 3.63) is 53.6 Å². The fraction of sp³-hybridized carbons (Fsp3) is 0.0625. The van der Waals surface area contributed by atoms with E-state index in [1.54, 1.807) is 12.1 Å². The highest BCUT2D eigenvalue weighted by Crippen LogP contribution is 2.19. The Kier molecular flexibility index (Phi) is 6.30. The van der Waals surface area contributed by atoms with Crippen LogP contribution in [0.15, 0.2) is 42.5 Å². The number of hydrogen-bond acceptors (Lipinski definition) is 6. The lowest BCUT2D eigenvalue weighted by Crippen LogP contribution is -2.06. The number of nitrogens with two attached hydrogens (primary N) is 1. The number of anilines is 1. The molecule has 126 valence electrons. The molecule has 0 spiro atoms. The first kappa shape index (κ1) is 18.5. The van der Waals surface area contributed by atoms with Gasteiger partial charge >= 0.3 is 17.9 Å². The lowest BCUT2D eigenvalue weighted by atomic mass is 10.2. The van der Waals surface area contributed by atoms with Gasteiger partial charge in [0.1, 0.15) is 22.6 Å². The Balaban J connectivity index is 0.000000243. The van der Waals surface area contributed by atoms with Crippen molar-refractivity contribution in [2.75, 3.05) is 5.73 Å². The van der Waals surface area contributed by atoms with Crippen molar-refractivity contribution in [3.8, 4) is 11.5 Å². The zero-order chi connectivity index (χ0) is 18.3. The standard InChI is InChI=1S/C9H8O4.C7H7NO3/c1-6(10)13-8-5-3-2-4-7(8)9(11)12;8-4-1-2-6(9)5(3-4)7(10)11/h2-5H,1H3,(H,11,12);1-3,9H,8H2,(H,10,11). The number of carbonyl (C=O) groups is 3. The molecule has 2 aromatic carbocycles. The molecule has 0 heterocycles. The van der Waals surface area contributed by atoms with Gasteiger partial charge in [0.05, 0.1) is 0 Å². The maximum atomic E-state index is 10.6. The predicted molar refractivity (Wildman–Crippen MR) is 84.2 cm³/mol. The molecule has 24 heavy (non-hydrogen) atoms. The lowest BCUT2D eigenvalue weighted by molar-refractivity contribution is -0.131. The number of hydrogen-bond donors (Lipinski definition) is 4. The van der Waals surface area contributed by atoms with Gasteiger partial charge in [-0.1, -0.05) is 12.1 Å². The maximum absolute atomic E-state index is 10.6. The summed E-state index contributed by atoms with van der Waals surface area (Å²) in [5.41, 5.74) is 5.42. The van der Waals surface area contributed by atoms with Gasteiger partial charge in [0.25, 0.3) is 0 Å². The molecule has 0 amide bonds. The number of benzene rings is 2. The Morgan fingerprint density at radius 2 is 1.54 bits per heavy atom. The number of nitrogen functional groups attached to an aromatic ring is 1. The third kappa shape index (κ3) is 5.34.